The lowest BCUT2D eigenvalue weighted by atomic mass is 9.73. The SMILES string of the molecule is CN(CC(F)(F)F)c1nc([C@@H]2CCCC[C@H]2C(=O)CC2(C#N)CC2)c(-c2ccc(N3CCS(=O)(=O)CC3)cc2)s1. The summed E-state index contributed by atoms with van der Waals surface area (Å²) in [6.07, 6.45) is 0.510. The fourth-order valence-corrected chi connectivity index (χ4v) is 8.16. The molecule has 12 heteroatoms. The molecule has 40 heavy (non-hydrogen) atoms. The van der Waals surface area contributed by atoms with E-state index in [1.165, 1.54) is 18.4 Å². The number of thiazole rings is 1. The van der Waals surface area contributed by atoms with Crippen LogP contribution in [0.4, 0.5) is 24.0 Å². The second kappa shape index (κ2) is 11.0. The number of alkyl halides is 3. The van der Waals surface area contributed by atoms with Crippen molar-refractivity contribution in [3.8, 4) is 16.5 Å². The Labute approximate surface area is 236 Å². The number of hydrogen-bond donors (Lipinski definition) is 0. The first kappa shape index (κ1) is 28.9. The molecular formula is C28H33F3N4O3S2. The van der Waals surface area contributed by atoms with Crippen molar-refractivity contribution in [2.24, 2.45) is 11.3 Å². The zero-order valence-corrected chi connectivity index (χ0v) is 24.0. The average Bonchev–Trinajstić information content (AvgIpc) is 3.54. The van der Waals surface area contributed by atoms with Gasteiger partial charge in [0.15, 0.2) is 15.0 Å². The molecule has 2 aliphatic carbocycles. The molecule has 2 atom stereocenters. The largest absolute Gasteiger partial charge is 0.405 e. The van der Waals surface area contributed by atoms with E-state index < -0.39 is 28.0 Å². The number of halogens is 3. The number of aromatic nitrogens is 1. The van der Waals surface area contributed by atoms with E-state index >= 15 is 0 Å². The average molecular weight is 595 g/mol. The van der Waals surface area contributed by atoms with Crippen LogP contribution in [-0.2, 0) is 14.6 Å². The number of nitriles is 1. The van der Waals surface area contributed by atoms with E-state index in [-0.39, 0.29) is 40.7 Å². The van der Waals surface area contributed by atoms with Crippen molar-refractivity contribution in [2.75, 3.05) is 48.0 Å². The zero-order valence-electron chi connectivity index (χ0n) is 22.4. The smallest absolute Gasteiger partial charge is 0.369 e. The highest BCUT2D eigenvalue weighted by molar-refractivity contribution is 7.91. The van der Waals surface area contributed by atoms with Gasteiger partial charge in [0, 0.05) is 44.1 Å². The first-order chi connectivity index (χ1) is 18.9. The van der Waals surface area contributed by atoms with E-state index in [0.29, 0.717) is 25.2 Å². The molecule has 1 aliphatic heterocycles. The van der Waals surface area contributed by atoms with Crippen molar-refractivity contribution in [1.29, 1.82) is 5.26 Å². The molecule has 0 amide bonds. The highest BCUT2D eigenvalue weighted by Gasteiger charge is 2.47. The summed E-state index contributed by atoms with van der Waals surface area (Å²) in [6, 6.07) is 9.92. The zero-order chi connectivity index (χ0) is 28.7. The van der Waals surface area contributed by atoms with E-state index in [0.717, 1.165) is 53.1 Å². The van der Waals surface area contributed by atoms with E-state index in [9.17, 15) is 31.6 Å². The van der Waals surface area contributed by atoms with Crippen LogP contribution in [-0.4, -0.2) is 63.5 Å². The topological polar surface area (TPSA) is 94.4 Å². The lowest BCUT2D eigenvalue weighted by molar-refractivity contribution is -0.125. The summed E-state index contributed by atoms with van der Waals surface area (Å²) in [5, 5.41) is 9.79. The van der Waals surface area contributed by atoms with Gasteiger partial charge in [0.25, 0.3) is 0 Å². The molecule has 3 aliphatic rings. The summed E-state index contributed by atoms with van der Waals surface area (Å²) in [5.74, 6) is -0.263. The number of carbonyl (C=O) groups is 1. The summed E-state index contributed by atoms with van der Waals surface area (Å²) in [5.41, 5.74) is 1.80. The van der Waals surface area contributed by atoms with Gasteiger partial charge in [0.2, 0.25) is 0 Å². The Kier molecular flexibility index (Phi) is 7.92. The predicted octanol–water partition coefficient (Wildman–Crippen LogP) is 5.58. The maximum atomic E-state index is 13.5. The number of anilines is 2. The molecule has 0 spiro atoms. The van der Waals surface area contributed by atoms with Crippen molar-refractivity contribution < 1.29 is 26.4 Å². The van der Waals surface area contributed by atoms with Crippen molar-refractivity contribution in [2.45, 2.75) is 57.0 Å². The van der Waals surface area contributed by atoms with E-state index in [1.54, 1.807) is 0 Å². The molecule has 3 fully saturated rings. The number of hydrogen-bond acceptors (Lipinski definition) is 8. The van der Waals surface area contributed by atoms with Gasteiger partial charge in [-0.1, -0.05) is 36.3 Å². The molecule has 216 valence electrons. The van der Waals surface area contributed by atoms with Crippen LogP contribution in [0.5, 0.6) is 0 Å². The number of rotatable bonds is 8. The molecule has 5 rings (SSSR count). The van der Waals surface area contributed by atoms with Crippen LogP contribution >= 0.6 is 11.3 Å². The van der Waals surface area contributed by atoms with Crippen LogP contribution in [0.25, 0.3) is 10.4 Å². The number of ketones is 1. The van der Waals surface area contributed by atoms with Crippen LogP contribution in [0.1, 0.15) is 56.6 Å². The van der Waals surface area contributed by atoms with Gasteiger partial charge >= 0.3 is 6.18 Å². The van der Waals surface area contributed by atoms with Crippen molar-refractivity contribution in [3.05, 3.63) is 30.0 Å². The van der Waals surface area contributed by atoms with Gasteiger partial charge in [-0.3, -0.25) is 4.79 Å². The van der Waals surface area contributed by atoms with Gasteiger partial charge in [-0.15, -0.1) is 0 Å². The van der Waals surface area contributed by atoms with Crippen LogP contribution in [0.15, 0.2) is 24.3 Å². The molecule has 2 aromatic rings. The molecular weight excluding hydrogens is 561 g/mol. The Bertz CT molecular complexity index is 1380. The standard InChI is InChI=1S/C28H33F3N4O3S2/c1-34(18-28(29,30)31)26-33-24(22-5-3-2-4-21(22)23(36)16-27(17-32)10-11-27)25(39-26)19-6-8-20(9-7-19)35-12-14-40(37,38)15-13-35/h6-9,21-22H,2-5,10-16,18H2,1H3/t21-,22-/m1/s1. The summed E-state index contributed by atoms with van der Waals surface area (Å²) in [4.78, 5) is 22.1. The highest BCUT2D eigenvalue weighted by Crippen LogP contribution is 2.51. The minimum absolute atomic E-state index is 0.0586. The number of benzene rings is 1. The maximum absolute atomic E-state index is 13.5. The van der Waals surface area contributed by atoms with Gasteiger partial charge in [0.1, 0.15) is 12.3 Å². The number of Topliss-reactive ketones (excluding diaryl/α,β-unsaturated/α-hetero) is 1. The Balaban J connectivity index is 1.47. The van der Waals surface area contributed by atoms with Crippen LogP contribution in [0, 0.1) is 22.7 Å². The first-order valence-corrected chi connectivity index (χ1v) is 16.3. The quantitative estimate of drug-likeness (QED) is 0.394. The molecule has 0 unspecified atom stereocenters. The monoisotopic (exact) mass is 594 g/mol. The third-order valence-corrected chi connectivity index (χ3v) is 11.2. The molecule has 2 saturated carbocycles. The fourth-order valence-electron chi connectivity index (χ4n) is 5.86. The Morgan fingerprint density at radius 3 is 2.42 bits per heavy atom. The number of carbonyl (C=O) groups excluding carboxylic acids is 1. The number of nitrogens with zero attached hydrogens (tertiary/aromatic N) is 4. The molecule has 1 saturated heterocycles. The van der Waals surface area contributed by atoms with Crippen LogP contribution in [0.2, 0.25) is 0 Å². The van der Waals surface area contributed by atoms with Crippen LogP contribution < -0.4 is 9.80 Å². The second-order valence-electron chi connectivity index (χ2n) is 11.4. The second-order valence-corrected chi connectivity index (χ2v) is 14.7. The molecule has 1 aromatic carbocycles. The summed E-state index contributed by atoms with van der Waals surface area (Å²) < 4.78 is 63.3. The lowest BCUT2D eigenvalue weighted by Crippen LogP contribution is -2.40. The fraction of sp³-hybridized carbons (Fsp3) is 0.607. The van der Waals surface area contributed by atoms with E-state index in [1.807, 2.05) is 29.2 Å². The third kappa shape index (κ3) is 6.46. The van der Waals surface area contributed by atoms with Gasteiger partial charge in [-0.2, -0.15) is 18.4 Å². The minimum atomic E-state index is -4.39. The van der Waals surface area contributed by atoms with Gasteiger partial charge in [0.05, 0.1) is 33.6 Å². The number of sulfone groups is 1. The molecule has 0 N–H and O–H groups in total. The summed E-state index contributed by atoms with van der Waals surface area (Å²) in [6.45, 7) is -0.306. The molecule has 0 bridgehead atoms. The van der Waals surface area contributed by atoms with Crippen molar-refractivity contribution in [1.82, 2.24) is 4.98 Å². The molecule has 0 radical (unpaired) electrons. The molecule has 1 aromatic heterocycles. The third-order valence-electron chi connectivity index (χ3n) is 8.36. The highest BCUT2D eigenvalue weighted by atomic mass is 32.2. The van der Waals surface area contributed by atoms with Crippen molar-refractivity contribution in [3.63, 3.8) is 0 Å². The maximum Gasteiger partial charge on any atom is 0.405 e. The van der Waals surface area contributed by atoms with Crippen molar-refractivity contribution >= 4 is 37.8 Å². The van der Waals surface area contributed by atoms with Crippen LogP contribution in [0.3, 0.4) is 0 Å². The molecule has 2 heterocycles. The lowest BCUT2D eigenvalue weighted by Gasteiger charge is -2.31. The Morgan fingerprint density at radius 1 is 1.18 bits per heavy atom. The van der Waals surface area contributed by atoms with E-state index in [4.69, 9.17) is 4.98 Å². The Hall–Kier alpha value is -2.65. The Morgan fingerprint density at radius 2 is 1.82 bits per heavy atom. The summed E-state index contributed by atoms with van der Waals surface area (Å²) >= 11 is 1.20. The van der Waals surface area contributed by atoms with Gasteiger partial charge in [-0.25, -0.2) is 13.4 Å². The molecule has 7 nitrogen and oxygen atoms in total. The van der Waals surface area contributed by atoms with Gasteiger partial charge < -0.3 is 9.80 Å². The van der Waals surface area contributed by atoms with E-state index in [2.05, 4.69) is 6.07 Å². The summed E-state index contributed by atoms with van der Waals surface area (Å²) in [7, 11) is -1.64. The predicted molar refractivity (Wildman–Crippen MR) is 149 cm³/mol. The normalized spacial score (nSPS) is 23.8. The van der Waals surface area contributed by atoms with Gasteiger partial charge in [-0.05, 0) is 43.4 Å². The first-order valence-electron chi connectivity index (χ1n) is 13.7. The minimum Gasteiger partial charge on any atom is -0.369 e.